The topological polar surface area (TPSA) is 25.8 Å². The van der Waals surface area contributed by atoms with Crippen molar-refractivity contribution in [2.24, 2.45) is 0 Å². The fourth-order valence-corrected chi connectivity index (χ4v) is 1.42. The molecule has 2 aromatic rings. The van der Waals surface area contributed by atoms with Crippen LogP contribution in [0.2, 0.25) is 0 Å². The summed E-state index contributed by atoms with van der Waals surface area (Å²) < 4.78 is 0.801. The van der Waals surface area contributed by atoms with E-state index in [0.717, 1.165) is 15.5 Å². The third kappa shape index (κ3) is 1.12. The van der Waals surface area contributed by atoms with Gasteiger partial charge in [0.25, 0.3) is 0 Å². The highest BCUT2D eigenvalue weighted by Gasteiger charge is 1.96. The summed E-state index contributed by atoms with van der Waals surface area (Å²) >= 11 is 3.32. The quantitative estimate of drug-likeness (QED) is 0.622. The predicted molar refractivity (Wildman–Crippen MR) is 47.2 cm³/mol. The molecule has 0 aliphatic carbocycles. The molecule has 0 saturated heterocycles. The van der Waals surface area contributed by atoms with Crippen LogP contribution in [0.25, 0.3) is 10.9 Å². The van der Waals surface area contributed by atoms with Crippen molar-refractivity contribution in [3.05, 3.63) is 35.2 Å². The van der Waals surface area contributed by atoms with Gasteiger partial charge >= 0.3 is 0 Å². The van der Waals surface area contributed by atoms with Crippen LogP contribution >= 0.6 is 15.9 Å². The number of hydrogen-bond donors (Lipinski definition) is 0. The molecule has 0 spiro atoms. The Hall–Kier alpha value is -0.960. The molecule has 0 unspecified atom stereocenters. The Morgan fingerprint density at radius 1 is 1.09 bits per heavy atom. The van der Waals surface area contributed by atoms with Gasteiger partial charge in [-0.15, -0.1) is 0 Å². The van der Waals surface area contributed by atoms with Crippen LogP contribution < -0.4 is 0 Å². The molecular weight excluding hydrogens is 204 g/mol. The molecule has 0 bridgehead atoms. The Kier molecular flexibility index (Phi) is 1.58. The molecule has 0 radical (unpaired) electrons. The molecule has 0 fully saturated rings. The van der Waals surface area contributed by atoms with Gasteiger partial charge in [-0.2, -0.15) is 0 Å². The minimum absolute atomic E-state index is 0.801. The van der Waals surface area contributed by atoms with E-state index in [1.54, 1.807) is 12.4 Å². The minimum atomic E-state index is 0.801. The largest absolute Gasteiger partial charge is 0.253 e. The van der Waals surface area contributed by atoms with Gasteiger partial charge in [-0.05, 0) is 28.1 Å². The Labute approximate surface area is 72.4 Å². The predicted octanol–water partition coefficient (Wildman–Crippen LogP) is 2.39. The Morgan fingerprint density at radius 3 is 2.82 bits per heavy atom. The lowest BCUT2D eigenvalue weighted by atomic mass is 10.3. The van der Waals surface area contributed by atoms with Crippen LogP contribution in [0, 0.1) is 0 Å². The van der Waals surface area contributed by atoms with Crippen LogP contribution in [0.4, 0.5) is 0 Å². The summed E-state index contributed by atoms with van der Waals surface area (Å²) in [5.41, 5.74) is 0.912. The average molecular weight is 209 g/mol. The fraction of sp³-hybridized carbons (Fsp3) is 0. The molecule has 0 saturated carbocycles. The Balaban J connectivity index is 2.91. The van der Waals surface area contributed by atoms with Crippen LogP contribution in [0.1, 0.15) is 0 Å². The van der Waals surface area contributed by atoms with E-state index in [2.05, 4.69) is 25.9 Å². The first kappa shape index (κ1) is 6.73. The summed E-state index contributed by atoms with van der Waals surface area (Å²) in [5.74, 6) is 0. The number of hydrogen-bond acceptors (Lipinski definition) is 2. The van der Waals surface area contributed by atoms with Crippen molar-refractivity contribution in [3.8, 4) is 0 Å². The van der Waals surface area contributed by atoms with Gasteiger partial charge in [0.15, 0.2) is 0 Å². The smallest absolute Gasteiger partial charge is 0.132 e. The zero-order valence-corrected chi connectivity index (χ0v) is 7.25. The lowest BCUT2D eigenvalue weighted by Gasteiger charge is -1.95. The number of rotatable bonds is 0. The second-order valence-electron chi connectivity index (χ2n) is 2.18. The molecule has 0 amide bonds. The molecule has 0 aliphatic heterocycles. The summed E-state index contributed by atoms with van der Waals surface area (Å²) in [6.07, 6.45) is 3.52. The van der Waals surface area contributed by atoms with Gasteiger partial charge in [0.1, 0.15) is 10.1 Å². The Morgan fingerprint density at radius 2 is 2.00 bits per heavy atom. The first-order valence-corrected chi connectivity index (χ1v) is 4.02. The molecule has 2 heterocycles. The molecule has 2 rings (SSSR count). The number of pyridine rings is 2. The average Bonchev–Trinajstić information content (AvgIpc) is 2.06. The number of aromatic nitrogens is 2. The van der Waals surface area contributed by atoms with E-state index in [-0.39, 0.29) is 0 Å². The summed E-state index contributed by atoms with van der Waals surface area (Å²) in [6.45, 7) is 0. The zero-order chi connectivity index (χ0) is 7.68. The van der Waals surface area contributed by atoms with Crippen molar-refractivity contribution in [3.63, 3.8) is 0 Å². The number of nitrogens with zero attached hydrogens (tertiary/aromatic N) is 2. The maximum Gasteiger partial charge on any atom is 0.132 e. The third-order valence-electron chi connectivity index (χ3n) is 1.48. The number of halogens is 1. The van der Waals surface area contributed by atoms with Crippen LogP contribution in [0.3, 0.4) is 0 Å². The van der Waals surface area contributed by atoms with Crippen molar-refractivity contribution in [1.29, 1.82) is 0 Å². The Bertz CT molecular complexity index is 381. The lowest BCUT2D eigenvalue weighted by Crippen LogP contribution is -1.81. The van der Waals surface area contributed by atoms with E-state index >= 15 is 0 Å². The van der Waals surface area contributed by atoms with Gasteiger partial charge in [0, 0.05) is 17.8 Å². The second kappa shape index (κ2) is 2.58. The van der Waals surface area contributed by atoms with Gasteiger partial charge in [-0.25, -0.2) is 4.98 Å². The van der Waals surface area contributed by atoms with Crippen LogP contribution in [0.5, 0.6) is 0 Å². The maximum atomic E-state index is 4.17. The molecular formula is C8H5BrN2. The minimum Gasteiger partial charge on any atom is -0.253 e. The maximum absolute atomic E-state index is 4.17. The monoisotopic (exact) mass is 208 g/mol. The molecule has 0 aromatic carbocycles. The second-order valence-corrected chi connectivity index (χ2v) is 2.93. The number of fused-ring (bicyclic) bond motifs is 1. The first-order chi connectivity index (χ1) is 5.38. The van der Waals surface area contributed by atoms with Crippen molar-refractivity contribution < 1.29 is 0 Å². The van der Waals surface area contributed by atoms with Crippen LogP contribution in [0.15, 0.2) is 35.2 Å². The summed E-state index contributed by atoms with van der Waals surface area (Å²) in [7, 11) is 0. The molecule has 54 valence electrons. The normalized spacial score (nSPS) is 10.3. The molecule has 2 aromatic heterocycles. The molecule has 11 heavy (non-hydrogen) atoms. The molecule has 0 aliphatic rings. The van der Waals surface area contributed by atoms with Crippen molar-refractivity contribution in [2.75, 3.05) is 0 Å². The molecule has 0 N–H and O–H groups in total. The van der Waals surface area contributed by atoms with Crippen molar-refractivity contribution >= 4 is 26.8 Å². The molecule has 0 atom stereocenters. The fourth-order valence-electron chi connectivity index (χ4n) is 0.969. The summed E-state index contributed by atoms with van der Waals surface area (Å²) in [4.78, 5) is 8.23. The SMILES string of the molecule is Brc1nccc2cccnc12. The van der Waals surface area contributed by atoms with E-state index < -0.39 is 0 Å². The highest BCUT2D eigenvalue weighted by molar-refractivity contribution is 9.10. The van der Waals surface area contributed by atoms with Crippen molar-refractivity contribution in [1.82, 2.24) is 9.97 Å². The summed E-state index contributed by atoms with van der Waals surface area (Å²) in [6, 6.07) is 5.86. The van der Waals surface area contributed by atoms with Gasteiger partial charge in [0.2, 0.25) is 0 Å². The lowest BCUT2D eigenvalue weighted by molar-refractivity contribution is 1.27. The zero-order valence-electron chi connectivity index (χ0n) is 5.66. The third-order valence-corrected chi connectivity index (χ3v) is 2.06. The summed E-state index contributed by atoms with van der Waals surface area (Å²) in [5, 5.41) is 1.11. The van der Waals surface area contributed by atoms with E-state index in [4.69, 9.17) is 0 Å². The van der Waals surface area contributed by atoms with E-state index in [1.807, 2.05) is 18.2 Å². The van der Waals surface area contributed by atoms with Gasteiger partial charge in [-0.3, -0.25) is 4.98 Å². The van der Waals surface area contributed by atoms with E-state index in [1.165, 1.54) is 0 Å². The van der Waals surface area contributed by atoms with Crippen LogP contribution in [-0.4, -0.2) is 9.97 Å². The molecule has 3 heteroatoms. The first-order valence-electron chi connectivity index (χ1n) is 3.23. The molecule has 2 nitrogen and oxygen atoms in total. The highest BCUT2D eigenvalue weighted by Crippen LogP contribution is 2.17. The van der Waals surface area contributed by atoms with E-state index in [0.29, 0.717) is 0 Å². The highest BCUT2D eigenvalue weighted by atomic mass is 79.9. The van der Waals surface area contributed by atoms with Gasteiger partial charge in [-0.1, -0.05) is 6.07 Å². The van der Waals surface area contributed by atoms with E-state index in [9.17, 15) is 0 Å². The van der Waals surface area contributed by atoms with Crippen LogP contribution in [-0.2, 0) is 0 Å². The van der Waals surface area contributed by atoms with Crippen molar-refractivity contribution in [2.45, 2.75) is 0 Å². The van der Waals surface area contributed by atoms with Gasteiger partial charge < -0.3 is 0 Å². The van der Waals surface area contributed by atoms with Gasteiger partial charge in [0.05, 0.1) is 0 Å². The standard InChI is InChI=1S/C8H5BrN2/c9-8-7-6(3-5-11-8)2-1-4-10-7/h1-5H.